The summed E-state index contributed by atoms with van der Waals surface area (Å²) >= 11 is 0. The summed E-state index contributed by atoms with van der Waals surface area (Å²) in [6, 6.07) is 16.3. The maximum atomic E-state index is 12.4. The molecule has 0 aromatic heterocycles. The second-order valence-corrected chi connectivity index (χ2v) is 9.34. The first-order valence-corrected chi connectivity index (χ1v) is 12.8. The maximum Gasteiger partial charge on any atom is 0.308 e. The Hall–Kier alpha value is -2.33. The van der Waals surface area contributed by atoms with Crippen LogP contribution in [0.15, 0.2) is 48.5 Å². The molecule has 0 aliphatic heterocycles. The molecule has 2 aromatic rings. The van der Waals surface area contributed by atoms with E-state index in [1.165, 1.54) is 19.3 Å². The molecule has 1 N–H and O–H groups in total. The third-order valence-electron chi connectivity index (χ3n) is 6.72. The highest BCUT2D eigenvalue weighted by molar-refractivity contribution is 5.72. The predicted octanol–water partition coefficient (Wildman–Crippen LogP) is 7.03. The topological polar surface area (TPSA) is 55.8 Å². The first kappa shape index (κ1) is 25.3. The largest absolute Gasteiger partial charge is 0.494 e. The Kier molecular flexibility index (Phi) is 9.80. The molecule has 0 saturated heterocycles. The Morgan fingerprint density at radius 3 is 2.06 bits per heavy atom. The average Bonchev–Trinajstić information content (AvgIpc) is 2.85. The molecule has 0 spiro atoms. The Bertz CT molecular complexity index is 833. The summed E-state index contributed by atoms with van der Waals surface area (Å²) in [4.78, 5) is 12.4. The summed E-state index contributed by atoms with van der Waals surface area (Å²) < 4.78 is 11.2. The number of unbranched alkanes of at least 4 members (excludes halogenated alkanes) is 4. The second-order valence-electron chi connectivity index (χ2n) is 9.34. The molecule has 1 aliphatic carbocycles. The predicted molar refractivity (Wildman–Crippen MR) is 133 cm³/mol. The van der Waals surface area contributed by atoms with Crippen LogP contribution in [0.25, 0.3) is 11.1 Å². The third-order valence-corrected chi connectivity index (χ3v) is 6.72. The quantitative estimate of drug-likeness (QED) is 0.277. The van der Waals surface area contributed by atoms with Crippen LogP contribution in [-0.4, -0.2) is 24.3 Å². The Morgan fingerprint density at radius 2 is 1.45 bits per heavy atom. The fourth-order valence-electron chi connectivity index (χ4n) is 4.55. The van der Waals surface area contributed by atoms with Crippen LogP contribution in [-0.2, 0) is 15.1 Å². The fraction of sp³-hybridized carbons (Fsp3) is 0.552. The van der Waals surface area contributed by atoms with Gasteiger partial charge in [-0.2, -0.15) is 0 Å². The standard InChI is InChI=1S/C29H40O4/c1-3-5-6-7-8-22-33-28(30)25-17-19-29(31,20-18-25)26-13-9-23(10-14-26)24-11-15-27(16-12-24)32-21-4-2/h9-16,25,31H,3-8,17-22H2,1-2H3. The van der Waals surface area contributed by atoms with Gasteiger partial charge >= 0.3 is 5.97 Å². The minimum Gasteiger partial charge on any atom is -0.494 e. The van der Waals surface area contributed by atoms with Crippen molar-refractivity contribution in [1.29, 1.82) is 0 Å². The van der Waals surface area contributed by atoms with Crippen molar-refractivity contribution in [2.75, 3.05) is 13.2 Å². The number of hydrogen-bond acceptors (Lipinski definition) is 4. The molecule has 3 rings (SSSR count). The van der Waals surface area contributed by atoms with Crippen LogP contribution in [0.4, 0.5) is 0 Å². The van der Waals surface area contributed by atoms with Gasteiger partial charge in [0, 0.05) is 0 Å². The minimum absolute atomic E-state index is 0.0887. The molecule has 1 fully saturated rings. The summed E-state index contributed by atoms with van der Waals surface area (Å²) in [5.74, 6) is 0.709. The third kappa shape index (κ3) is 7.33. The molecule has 0 radical (unpaired) electrons. The molecule has 4 heteroatoms. The van der Waals surface area contributed by atoms with E-state index in [4.69, 9.17) is 9.47 Å². The monoisotopic (exact) mass is 452 g/mol. The van der Waals surface area contributed by atoms with Gasteiger partial charge in [-0.05, 0) is 67.3 Å². The SMILES string of the molecule is CCCCCCCOC(=O)C1CCC(O)(c2ccc(-c3ccc(OCCC)cc3)cc2)CC1. The summed E-state index contributed by atoms with van der Waals surface area (Å²) in [6.07, 6.45) is 9.26. The smallest absolute Gasteiger partial charge is 0.308 e. The zero-order valence-electron chi connectivity index (χ0n) is 20.4. The molecule has 1 saturated carbocycles. The molecule has 1 aliphatic rings. The van der Waals surface area contributed by atoms with Gasteiger partial charge < -0.3 is 14.6 Å². The molecular weight excluding hydrogens is 412 g/mol. The van der Waals surface area contributed by atoms with Crippen LogP contribution in [0, 0.1) is 5.92 Å². The first-order valence-electron chi connectivity index (χ1n) is 12.8. The normalized spacial score (nSPS) is 20.4. The molecule has 0 atom stereocenters. The van der Waals surface area contributed by atoms with Crippen LogP contribution in [0.1, 0.15) is 83.6 Å². The van der Waals surface area contributed by atoms with E-state index in [2.05, 4.69) is 38.1 Å². The first-order chi connectivity index (χ1) is 16.1. The highest BCUT2D eigenvalue weighted by Gasteiger charge is 2.37. The van der Waals surface area contributed by atoms with Crippen molar-refractivity contribution in [2.24, 2.45) is 5.92 Å². The lowest BCUT2D eigenvalue weighted by Gasteiger charge is -2.35. The molecule has 33 heavy (non-hydrogen) atoms. The fourth-order valence-corrected chi connectivity index (χ4v) is 4.55. The van der Waals surface area contributed by atoms with Crippen LogP contribution in [0.2, 0.25) is 0 Å². The van der Waals surface area contributed by atoms with Crippen molar-refractivity contribution in [2.45, 2.75) is 83.7 Å². The molecule has 4 nitrogen and oxygen atoms in total. The van der Waals surface area contributed by atoms with Crippen molar-refractivity contribution in [3.63, 3.8) is 0 Å². The molecule has 0 bridgehead atoms. The van der Waals surface area contributed by atoms with Gasteiger partial charge in [0.15, 0.2) is 0 Å². The van der Waals surface area contributed by atoms with E-state index in [1.54, 1.807) is 0 Å². The van der Waals surface area contributed by atoms with E-state index in [0.29, 0.717) is 32.3 Å². The van der Waals surface area contributed by atoms with Crippen LogP contribution in [0.3, 0.4) is 0 Å². The Morgan fingerprint density at radius 1 is 0.848 bits per heavy atom. The van der Waals surface area contributed by atoms with Gasteiger partial charge in [0.2, 0.25) is 0 Å². The van der Waals surface area contributed by atoms with Crippen LogP contribution < -0.4 is 4.74 Å². The number of aliphatic hydroxyl groups is 1. The summed E-state index contributed by atoms with van der Waals surface area (Å²) in [5, 5.41) is 11.3. The van der Waals surface area contributed by atoms with Crippen molar-refractivity contribution in [1.82, 2.24) is 0 Å². The number of esters is 1. The van der Waals surface area contributed by atoms with E-state index >= 15 is 0 Å². The molecule has 0 amide bonds. The van der Waals surface area contributed by atoms with Gasteiger partial charge in [-0.3, -0.25) is 4.79 Å². The minimum atomic E-state index is -0.868. The van der Waals surface area contributed by atoms with Gasteiger partial charge in [-0.1, -0.05) is 75.9 Å². The molecular formula is C29H40O4. The van der Waals surface area contributed by atoms with E-state index in [1.807, 2.05) is 24.3 Å². The average molecular weight is 453 g/mol. The highest BCUT2D eigenvalue weighted by atomic mass is 16.5. The van der Waals surface area contributed by atoms with E-state index in [0.717, 1.165) is 48.3 Å². The second kappa shape index (κ2) is 12.8. The zero-order valence-corrected chi connectivity index (χ0v) is 20.4. The van der Waals surface area contributed by atoms with Gasteiger partial charge in [0.25, 0.3) is 0 Å². The van der Waals surface area contributed by atoms with Crippen molar-refractivity contribution in [3.8, 4) is 16.9 Å². The van der Waals surface area contributed by atoms with E-state index < -0.39 is 5.60 Å². The summed E-state index contributed by atoms with van der Waals surface area (Å²) in [6.45, 7) is 5.54. The molecule has 2 aromatic carbocycles. The van der Waals surface area contributed by atoms with Gasteiger partial charge in [0.05, 0.1) is 24.7 Å². The number of ether oxygens (including phenoxy) is 2. The zero-order chi connectivity index (χ0) is 23.5. The number of carbonyl (C=O) groups excluding carboxylic acids is 1. The molecule has 0 unspecified atom stereocenters. The van der Waals surface area contributed by atoms with E-state index in [-0.39, 0.29) is 11.9 Å². The van der Waals surface area contributed by atoms with Gasteiger partial charge in [-0.25, -0.2) is 0 Å². The highest BCUT2D eigenvalue weighted by Crippen LogP contribution is 2.40. The number of hydrogen-bond donors (Lipinski definition) is 1. The number of benzene rings is 2. The van der Waals surface area contributed by atoms with Crippen LogP contribution in [0.5, 0.6) is 5.75 Å². The van der Waals surface area contributed by atoms with Gasteiger partial charge in [-0.15, -0.1) is 0 Å². The van der Waals surface area contributed by atoms with Crippen molar-refractivity contribution >= 4 is 5.97 Å². The number of carbonyl (C=O) groups is 1. The lowest BCUT2D eigenvalue weighted by molar-refractivity contribution is -0.152. The number of rotatable bonds is 12. The van der Waals surface area contributed by atoms with Gasteiger partial charge in [0.1, 0.15) is 5.75 Å². The Labute approximate surface area is 199 Å². The molecule has 0 heterocycles. The lowest BCUT2D eigenvalue weighted by atomic mass is 9.75. The summed E-state index contributed by atoms with van der Waals surface area (Å²) in [5.41, 5.74) is 2.30. The van der Waals surface area contributed by atoms with Crippen LogP contribution >= 0.6 is 0 Å². The molecule has 180 valence electrons. The van der Waals surface area contributed by atoms with Crippen molar-refractivity contribution in [3.05, 3.63) is 54.1 Å². The Balaban J connectivity index is 1.49. The maximum absolute atomic E-state index is 12.4. The van der Waals surface area contributed by atoms with Crippen molar-refractivity contribution < 1.29 is 19.4 Å². The lowest BCUT2D eigenvalue weighted by Crippen LogP contribution is -2.34. The van der Waals surface area contributed by atoms with E-state index in [9.17, 15) is 9.90 Å². The summed E-state index contributed by atoms with van der Waals surface area (Å²) in [7, 11) is 0.